The largest absolute Gasteiger partial charge is 0.478 e. The number of ether oxygens (including phenoxy) is 1. The van der Waals surface area contributed by atoms with E-state index < -0.39 is 5.97 Å². The second-order valence-corrected chi connectivity index (χ2v) is 4.52. The van der Waals surface area contributed by atoms with Crippen LogP contribution in [0.1, 0.15) is 21.5 Å². The molecule has 4 nitrogen and oxygen atoms in total. The van der Waals surface area contributed by atoms with Crippen molar-refractivity contribution in [2.45, 2.75) is 6.92 Å². The summed E-state index contributed by atoms with van der Waals surface area (Å²) in [6.07, 6.45) is 0. The van der Waals surface area contributed by atoms with E-state index >= 15 is 0 Å². The van der Waals surface area contributed by atoms with Crippen LogP contribution in [-0.2, 0) is 0 Å². The number of nitriles is 1. The van der Waals surface area contributed by atoms with Gasteiger partial charge in [0.15, 0.2) is 0 Å². The molecule has 0 spiro atoms. The molecule has 0 aliphatic carbocycles. The number of carbonyl (C=O) groups is 1. The Labute approximate surface area is 120 Å². The monoisotopic (exact) mass is 287 g/mol. The summed E-state index contributed by atoms with van der Waals surface area (Å²) in [5.41, 5.74) is 1.13. The number of benzene rings is 2. The summed E-state index contributed by atoms with van der Waals surface area (Å²) in [5.74, 6) is -0.406. The Hall–Kier alpha value is -2.51. The Morgan fingerprint density at radius 2 is 2.10 bits per heavy atom. The van der Waals surface area contributed by atoms with E-state index in [1.54, 1.807) is 18.2 Å². The average Bonchev–Trinajstić information content (AvgIpc) is 2.42. The van der Waals surface area contributed by atoms with Crippen LogP contribution in [0.2, 0.25) is 5.02 Å². The van der Waals surface area contributed by atoms with Crippen LogP contribution in [0, 0.1) is 18.3 Å². The highest BCUT2D eigenvalue weighted by molar-refractivity contribution is 6.33. The van der Waals surface area contributed by atoms with E-state index in [1.807, 2.05) is 19.1 Å². The van der Waals surface area contributed by atoms with Crippen LogP contribution in [0.25, 0.3) is 0 Å². The third kappa shape index (κ3) is 2.73. The first-order chi connectivity index (χ1) is 9.52. The van der Waals surface area contributed by atoms with Crippen molar-refractivity contribution in [2.24, 2.45) is 0 Å². The van der Waals surface area contributed by atoms with Gasteiger partial charge >= 0.3 is 5.97 Å². The molecule has 0 saturated heterocycles. The number of carboxylic acids is 1. The number of hydrogen-bond donors (Lipinski definition) is 1. The number of nitrogens with zero attached hydrogens (tertiary/aromatic N) is 1. The minimum absolute atomic E-state index is 0.0451. The predicted octanol–water partition coefficient (Wildman–Crippen LogP) is 4.01. The third-order valence-corrected chi connectivity index (χ3v) is 3.05. The lowest BCUT2D eigenvalue weighted by Gasteiger charge is -2.11. The summed E-state index contributed by atoms with van der Waals surface area (Å²) in [6, 6.07) is 11.6. The van der Waals surface area contributed by atoms with Crippen molar-refractivity contribution < 1.29 is 14.6 Å². The van der Waals surface area contributed by atoms with Crippen molar-refractivity contribution in [3.8, 4) is 17.6 Å². The van der Waals surface area contributed by atoms with Crippen molar-refractivity contribution in [2.75, 3.05) is 0 Å². The van der Waals surface area contributed by atoms with E-state index in [2.05, 4.69) is 0 Å². The summed E-state index contributed by atoms with van der Waals surface area (Å²) in [7, 11) is 0. The van der Waals surface area contributed by atoms with Crippen LogP contribution >= 0.6 is 11.6 Å². The zero-order chi connectivity index (χ0) is 14.7. The first-order valence-corrected chi connectivity index (χ1v) is 6.11. The van der Waals surface area contributed by atoms with Gasteiger partial charge < -0.3 is 9.84 Å². The number of para-hydroxylation sites is 1. The minimum atomic E-state index is -1.13. The molecule has 0 heterocycles. The van der Waals surface area contributed by atoms with Gasteiger partial charge in [-0.3, -0.25) is 0 Å². The molecule has 2 rings (SSSR count). The van der Waals surface area contributed by atoms with Gasteiger partial charge in [-0.2, -0.15) is 5.26 Å². The molecule has 1 N–H and O–H groups in total. The smallest absolute Gasteiger partial charge is 0.337 e. The van der Waals surface area contributed by atoms with E-state index in [1.165, 1.54) is 12.1 Å². The highest BCUT2D eigenvalue weighted by atomic mass is 35.5. The van der Waals surface area contributed by atoms with E-state index in [9.17, 15) is 4.79 Å². The highest BCUT2D eigenvalue weighted by Gasteiger charge is 2.12. The van der Waals surface area contributed by atoms with Gasteiger partial charge in [0.2, 0.25) is 0 Å². The fourth-order valence-corrected chi connectivity index (χ4v) is 1.92. The van der Waals surface area contributed by atoms with E-state index in [4.69, 9.17) is 26.7 Å². The second kappa shape index (κ2) is 5.64. The summed E-state index contributed by atoms with van der Waals surface area (Å²) in [4.78, 5) is 11.0. The lowest BCUT2D eigenvalue weighted by molar-refractivity contribution is 0.0696. The number of halogens is 1. The summed E-state index contributed by atoms with van der Waals surface area (Å²) in [5, 5.41) is 18.2. The molecule has 0 aliphatic rings. The number of carboxylic acid groups (broad SMARTS) is 1. The average molecular weight is 288 g/mol. The minimum Gasteiger partial charge on any atom is -0.478 e. The quantitative estimate of drug-likeness (QED) is 0.926. The van der Waals surface area contributed by atoms with E-state index in [0.29, 0.717) is 17.1 Å². The standard InChI is InChI=1S/C15H10ClNO3/c1-9-3-2-4-10(8-17)14(9)20-11-5-6-13(16)12(7-11)15(18)19/h2-7H,1H3,(H,18,19). The molecule has 0 fully saturated rings. The van der Waals surface area contributed by atoms with Crippen LogP contribution in [0.4, 0.5) is 0 Å². The van der Waals surface area contributed by atoms with Gasteiger partial charge in [0, 0.05) is 0 Å². The Kier molecular flexibility index (Phi) is 3.92. The molecular formula is C15H10ClNO3. The predicted molar refractivity (Wildman–Crippen MR) is 74.4 cm³/mol. The molecule has 2 aromatic rings. The van der Waals surface area contributed by atoms with Gasteiger partial charge in [-0.1, -0.05) is 23.7 Å². The Morgan fingerprint density at radius 1 is 1.35 bits per heavy atom. The van der Waals surface area contributed by atoms with Crippen LogP contribution in [0.3, 0.4) is 0 Å². The molecule has 0 radical (unpaired) electrons. The lowest BCUT2D eigenvalue weighted by atomic mass is 10.1. The van der Waals surface area contributed by atoms with Crippen LogP contribution < -0.4 is 4.74 Å². The lowest BCUT2D eigenvalue weighted by Crippen LogP contribution is -1.98. The molecular weight excluding hydrogens is 278 g/mol. The molecule has 0 aromatic heterocycles. The Bertz CT molecular complexity index is 720. The second-order valence-electron chi connectivity index (χ2n) is 4.11. The molecule has 0 unspecified atom stereocenters. The van der Waals surface area contributed by atoms with Crippen LogP contribution in [0.15, 0.2) is 36.4 Å². The van der Waals surface area contributed by atoms with Crippen molar-refractivity contribution in [3.63, 3.8) is 0 Å². The Balaban J connectivity index is 2.44. The third-order valence-electron chi connectivity index (χ3n) is 2.72. The van der Waals surface area contributed by atoms with Crippen molar-refractivity contribution in [1.29, 1.82) is 5.26 Å². The number of hydrogen-bond acceptors (Lipinski definition) is 3. The summed E-state index contributed by atoms with van der Waals surface area (Å²) < 4.78 is 5.63. The number of aromatic carboxylic acids is 1. The van der Waals surface area contributed by atoms with Gasteiger partial charge in [0.25, 0.3) is 0 Å². The van der Waals surface area contributed by atoms with Crippen LogP contribution in [-0.4, -0.2) is 11.1 Å². The van der Waals surface area contributed by atoms with Gasteiger partial charge in [-0.25, -0.2) is 4.79 Å². The topological polar surface area (TPSA) is 70.3 Å². The van der Waals surface area contributed by atoms with Crippen molar-refractivity contribution in [1.82, 2.24) is 0 Å². The van der Waals surface area contributed by atoms with Gasteiger partial charge in [-0.15, -0.1) is 0 Å². The fourth-order valence-electron chi connectivity index (χ4n) is 1.73. The van der Waals surface area contributed by atoms with Gasteiger partial charge in [-0.05, 0) is 36.8 Å². The molecule has 0 saturated carbocycles. The summed E-state index contributed by atoms with van der Waals surface area (Å²) >= 11 is 5.80. The molecule has 2 aromatic carbocycles. The van der Waals surface area contributed by atoms with Crippen LogP contribution in [0.5, 0.6) is 11.5 Å². The fraction of sp³-hybridized carbons (Fsp3) is 0.0667. The molecule has 0 aliphatic heterocycles. The zero-order valence-corrected chi connectivity index (χ0v) is 11.3. The highest BCUT2D eigenvalue weighted by Crippen LogP contribution is 2.30. The maximum absolute atomic E-state index is 11.0. The maximum Gasteiger partial charge on any atom is 0.337 e. The molecule has 0 amide bonds. The number of rotatable bonds is 3. The molecule has 20 heavy (non-hydrogen) atoms. The SMILES string of the molecule is Cc1cccc(C#N)c1Oc1ccc(Cl)c(C(=O)O)c1. The molecule has 0 bridgehead atoms. The molecule has 0 atom stereocenters. The van der Waals surface area contributed by atoms with Gasteiger partial charge in [0.1, 0.15) is 17.6 Å². The van der Waals surface area contributed by atoms with Gasteiger partial charge in [0.05, 0.1) is 16.1 Å². The Morgan fingerprint density at radius 3 is 2.75 bits per heavy atom. The number of aryl methyl sites for hydroxylation is 1. The molecule has 100 valence electrons. The van der Waals surface area contributed by atoms with E-state index in [-0.39, 0.29) is 10.6 Å². The van der Waals surface area contributed by atoms with Crippen molar-refractivity contribution >= 4 is 17.6 Å². The van der Waals surface area contributed by atoms with Crippen molar-refractivity contribution in [3.05, 3.63) is 58.1 Å². The zero-order valence-electron chi connectivity index (χ0n) is 10.6. The first-order valence-electron chi connectivity index (χ1n) is 5.73. The molecule has 5 heteroatoms. The first kappa shape index (κ1) is 13.9. The maximum atomic E-state index is 11.0. The summed E-state index contributed by atoms with van der Waals surface area (Å²) in [6.45, 7) is 1.81. The normalized spacial score (nSPS) is 9.85. The van der Waals surface area contributed by atoms with E-state index in [0.717, 1.165) is 5.56 Å².